The summed E-state index contributed by atoms with van der Waals surface area (Å²) in [6.07, 6.45) is 0. The first-order valence-corrected chi connectivity index (χ1v) is 19.8. The van der Waals surface area contributed by atoms with Gasteiger partial charge < -0.3 is 14.3 Å². The van der Waals surface area contributed by atoms with Gasteiger partial charge in [-0.1, -0.05) is 133 Å². The fourth-order valence-electron chi connectivity index (χ4n) is 8.67. The molecule has 0 radical (unpaired) electrons. The van der Waals surface area contributed by atoms with Crippen molar-refractivity contribution < 1.29 is 4.42 Å². The topological polar surface area (TPSA) is 30.1 Å². The molecule has 11 aromatic rings. The van der Waals surface area contributed by atoms with Crippen LogP contribution in [0.3, 0.4) is 0 Å². The van der Waals surface area contributed by atoms with Crippen LogP contribution in [0.1, 0.15) is 5.56 Å². The third kappa shape index (κ3) is 5.84. The van der Waals surface area contributed by atoms with Gasteiger partial charge in [0.2, 0.25) is 0 Å². The van der Waals surface area contributed by atoms with Crippen molar-refractivity contribution in [2.45, 2.75) is 6.92 Å². The van der Waals surface area contributed by atoms with Crippen molar-refractivity contribution in [3.05, 3.63) is 212 Å². The molecule has 2 aromatic heterocycles. The van der Waals surface area contributed by atoms with Crippen LogP contribution >= 0.6 is 0 Å². The Kier molecular flexibility index (Phi) is 8.04. The molecule has 0 aliphatic heterocycles. The largest absolute Gasteiger partial charge is 0.455 e. The number of benzene rings is 9. The van der Waals surface area contributed by atoms with Crippen LogP contribution in [0, 0.1) is 6.92 Å². The van der Waals surface area contributed by atoms with Gasteiger partial charge in [-0.05, 0) is 119 Å². The Labute approximate surface area is 337 Å². The summed E-state index contributed by atoms with van der Waals surface area (Å²) >= 11 is 0. The number of hydrogen-bond donors (Lipinski definition) is 1. The molecule has 11 rings (SSSR count). The van der Waals surface area contributed by atoms with Crippen LogP contribution in [0.5, 0.6) is 0 Å². The molecule has 0 bridgehead atoms. The number of fused-ring (bicyclic) bond motifs is 6. The van der Waals surface area contributed by atoms with E-state index in [4.69, 9.17) is 4.42 Å². The standard InChI is InChI=1S/C55H38N2O/c1-36-13-9-18-43(31-36)56-51-25-7-5-21-45(51)41-17-11-16-39(33-41)37-14-10-15-38(32-37)40-27-29-52-49(34-40)50-35-42(28-30-53(50)57(52)44-19-3-2-4-20-44)46-23-12-24-48-47-22-6-8-26-54(47)58-55(46)48/h2-35,56H,1H3. The second-order valence-electron chi connectivity index (χ2n) is 15.1. The number of aromatic nitrogens is 1. The highest BCUT2D eigenvalue weighted by Gasteiger charge is 2.17. The minimum atomic E-state index is 0.908. The van der Waals surface area contributed by atoms with Crippen LogP contribution in [-0.2, 0) is 0 Å². The van der Waals surface area contributed by atoms with E-state index < -0.39 is 0 Å². The molecule has 0 saturated carbocycles. The Morgan fingerprint density at radius 1 is 0.397 bits per heavy atom. The number of rotatable bonds is 7. The molecule has 1 N–H and O–H groups in total. The van der Waals surface area contributed by atoms with E-state index in [-0.39, 0.29) is 0 Å². The van der Waals surface area contributed by atoms with Crippen LogP contribution in [0.25, 0.3) is 93.9 Å². The van der Waals surface area contributed by atoms with Gasteiger partial charge in [0.05, 0.1) is 11.0 Å². The summed E-state index contributed by atoms with van der Waals surface area (Å²) < 4.78 is 8.88. The second kappa shape index (κ2) is 13.8. The van der Waals surface area contributed by atoms with Gasteiger partial charge in [-0.25, -0.2) is 0 Å². The highest BCUT2D eigenvalue weighted by molar-refractivity contribution is 6.14. The van der Waals surface area contributed by atoms with Gasteiger partial charge in [-0.15, -0.1) is 0 Å². The van der Waals surface area contributed by atoms with Gasteiger partial charge in [0.1, 0.15) is 11.2 Å². The Balaban J connectivity index is 1.01. The van der Waals surface area contributed by atoms with Gasteiger partial charge in [0, 0.05) is 49.7 Å². The highest BCUT2D eigenvalue weighted by Crippen LogP contribution is 2.41. The van der Waals surface area contributed by atoms with Crippen molar-refractivity contribution in [3.63, 3.8) is 0 Å². The third-order valence-corrected chi connectivity index (χ3v) is 11.4. The third-order valence-electron chi connectivity index (χ3n) is 11.4. The summed E-state index contributed by atoms with van der Waals surface area (Å²) in [5.41, 5.74) is 18.0. The maximum Gasteiger partial charge on any atom is 0.143 e. The van der Waals surface area contributed by atoms with E-state index >= 15 is 0 Å². The number of anilines is 2. The molecule has 0 saturated heterocycles. The average Bonchev–Trinajstić information content (AvgIpc) is 3.82. The first-order chi connectivity index (χ1) is 28.6. The molecule has 58 heavy (non-hydrogen) atoms. The van der Waals surface area contributed by atoms with Gasteiger partial charge in [0.15, 0.2) is 0 Å². The fourth-order valence-corrected chi connectivity index (χ4v) is 8.67. The van der Waals surface area contributed by atoms with E-state index in [2.05, 4.69) is 211 Å². The molecule has 0 spiro atoms. The van der Waals surface area contributed by atoms with E-state index in [0.717, 1.165) is 55.7 Å². The molecule has 0 aliphatic carbocycles. The number of nitrogens with one attached hydrogen (secondary N) is 1. The van der Waals surface area contributed by atoms with E-state index in [1.54, 1.807) is 0 Å². The Hall–Kier alpha value is -7.62. The van der Waals surface area contributed by atoms with Crippen LogP contribution in [0.2, 0.25) is 0 Å². The number of hydrogen-bond acceptors (Lipinski definition) is 2. The van der Waals surface area contributed by atoms with Crippen LogP contribution in [0.15, 0.2) is 211 Å². The molecule has 274 valence electrons. The lowest BCUT2D eigenvalue weighted by Gasteiger charge is -2.14. The molecular formula is C55H38N2O. The summed E-state index contributed by atoms with van der Waals surface area (Å²) in [6, 6.07) is 74.0. The summed E-state index contributed by atoms with van der Waals surface area (Å²) in [7, 11) is 0. The zero-order valence-electron chi connectivity index (χ0n) is 32.0. The first-order valence-electron chi connectivity index (χ1n) is 19.8. The van der Waals surface area contributed by atoms with E-state index in [1.165, 1.54) is 55.2 Å². The maximum atomic E-state index is 6.49. The SMILES string of the molecule is Cc1cccc(Nc2ccccc2-c2cccc(-c3cccc(-c4ccc5c(c4)c4cc(-c6cccc7c6oc6ccccc67)ccc4n5-c4ccccc4)c3)c2)c1. The fraction of sp³-hybridized carbons (Fsp3) is 0.0182. The van der Waals surface area contributed by atoms with Crippen molar-refractivity contribution >= 4 is 55.1 Å². The minimum absolute atomic E-state index is 0.908. The quantitative estimate of drug-likeness (QED) is 0.176. The molecule has 0 atom stereocenters. The monoisotopic (exact) mass is 742 g/mol. The summed E-state index contributed by atoms with van der Waals surface area (Å²) in [5.74, 6) is 0. The Morgan fingerprint density at radius 3 is 1.76 bits per heavy atom. The van der Waals surface area contributed by atoms with Gasteiger partial charge in [-0.3, -0.25) is 0 Å². The first kappa shape index (κ1) is 33.7. The van der Waals surface area contributed by atoms with Gasteiger partial charge in [-0.2, -0.15) is 0 Å². The average molecular weight is 743 g/mol. The lowest BCUT2D eigenvalue weighted by atomic mass is 9.95. The lowest BCUT2D eigenvalue weighted by molar-refractivity contribution is 0.670. The molecule has 0 unspecified atom stereocenters. The second-order valence-corrected chi connectivity index (χ2v) is 15.1. The number of nitrogens with zero attached hydrogens (tertiary/aromatic N) is 1. The summed E-state index contributed by atoms with van der Waals surface area (Å²) in [5, 5.41) is 8.34. The molecule has 3 nitrogen and oxygen atoms in total. The zero-order chi connectivity index (χ0) is 38.6. The van der Waals surface area contributed by atoms with E-state index in [0.29, 0.717) is 0 Å². The molecule has 3 heteroatoms. The van der Waals surface area contributed by atoms with Crippen LogP contribution < -0.4 is 5.32 Å². The number of para-hydroxylation sites is 4. The Bertz CT molecular complexity index is 3330. The smallest absolute Gasteiger partial charge is 0.143 e. The normalized spacial score (nSPS) is 11.5. The molecular weight excluding hydrogens is 705 g/mol. The minimum Gasteiger partial charge on any atom is -0.455 e. The summed E-state index contributed by atoms with van der Waals surface area (Å²) in [4.78, 5) is 0. The van der Waals surface area contributed by atoms with Crippen molar-refractivity contribution in [1.82, 2.24) is 4.57 Å². The van der Waals surface area contributed by atoms with E-state index in [1.807, 2.05) is 12.1 Å². The molecule has 0 fully saturated rings. The molecule has 0 amide bonds. The van der Waals surface area contributed by atoms with Crippen LogP contribution in [0.4, 0.5) is 11.4 Å². The molecule has 9 aromatic carbocycles. The van der Waals surface area contributed by atoms with E-state index in [9.17, 15) is 0 Å². The highest BCUT2D eigenvalue weighted by atomic mass is 16.3. The summed E-state index contributed by atoms with van der Waals surface area (Å²) in [6.45, 7) is 2.12. The Morgan fingerprint density at radius 2 is 0.966 bits per heavy atom. The number of aryl methyl sites for hydroxylation is 1. The lowest BCUT2D eigenvalue weighted by Crippen LogP contribution is -1.94. The van der Waals surface area contributed by atoms with Crippen molar-refractivity contribution in [3.8, 4) is 50.2 Å². The van der Waals surface area contributed by atoms with Gasteiger partial charge >= 0.3 is 0 Å². The maximum absolute atomic E-state index is 6.49. The van der Waals surface area contributed by atoms with Crippen molar-refractivity contribution in [1.29, 1.82) is 0 Å². The zero-order valence-corrected chi connectivity index (χ0v) is 32.0. The number of furan rings is 1. The van der Waals surface area contributed by atoms with Crippen molar-refractivity contribution in [2.24, 2.45) is 0 Å². The predicted molar refractivity (Wildman–Crippen MR) is 244 cm³/mol. The molecule has 0 aliphatic rings. The van der Waals surface area contributed by atoms with Gasteiger partial charge in [0.25, 0.3) is 0 Å². The van der Waals surface area contributed by atoms with Crippen molar-refractivity contribution in [2.75, 3.05) is 5.32 Å². The van der Waals surface area contributed by atoms with Crippen LogP contribution in [-0.4, -0.2) is 4.57 Å². The molecule has 2 heterocycles. The predicted octanol–water partition coefficient (Wildman–Crippen LogP) is 15.4.